The molecule has 4 nitrogen and oxygen atoms in total. The summed E-state index contributed by atoms with van der Waals surface area (Å²) in [6.45, 7) is 3.50. The SMILES string of the molecule is CC1(c2cccc(OCCNc3ccccc3)c2)CCSC(N)=N1. The van der Waals surface area contributed by atoms with Crippen LogP contribution < -0.4 is 15.8 Å². The minimum atomic E-state index is -0.253. The molecule has 0 saturated carbocycles. The number of nitrogens with one attached hydrogen (secondary N) is 1. The highest BCUT2D eigenvalue weighted by Gasteiger charge is 2.29. The number of para-hydroxylation sites is 1. The van der Waals surface area contributed by atoms with E-state index in [1.165, 1.54) is 0 Å². The fraction of sp³-hybridized carbons (Fsp3) is 0.316. The van der Waals surface area contributed by atoms with Gasteiger partial charge in [-0.1, -0.05) is 42.1 Å². The van der Waals surface area contributed by atoms with Crippen molar-refractivity contribution in [1.29, 1.82) is 0 Å². The quantitative estimate of drug-likeness (QED) is 0.784. The normalized spacial score (nSPS) is 20.3. The van der Waals surface area contributed by atoms with Crippen LogP contribution in [0.3, 0.4) is 0 Å². The van der Waals surface area contributed by atoms with Crippen LogP contribution in [0.15, 0.2) is 59.6 Å². The molecule has 0 amide bonds. The standard InChI is InChI=1S/C19H23N3OS/c1-19(10-13-24-18(20)22-19)15-6-5-9-17(14-15)23-12-11-21-16-7-3-2-4-8-16/h2-9,14,21H,10-13H2,1H3,(H2,20,22). The van der Waals surface area contributed by atoms with Gasteiger partial charge in [-0.3, -0.25) is 4.99 Å². The van der Waals surface area contributed by atoms with Crippen molar-refractivity contribution < 1.29 is 4.74 Å². The summed E-state index contributed by atoms with van der Waals surface area (Å²) in [7, 11) is 0. The molecular weight excluding hydrogens is 318 g/mol. The van der Waals surface area contributed by atoms with Crippen molar-refractivity contribution >= 4 is 22.6 Å². The highest BCUT2D eigenvalue weighted by Crippen LogP contribution is 2.36. The number of ether oxygens (including phenoxy) is 1. The van der Waals surface area contributed by atoms with Gasteiger partial charge >= 0.3 is 0 Å². The molecule has 126 valence electrons. The number of thioether (sulfide) groups is 1. The van der Waals surface area contributed by atoms with Crippen molar-refractivity contribution in [3.05, 3.63) is 60.2 Å². The van der Waals surface area contributed by atoms with E-state index in [2.05, 4.69) is 29.4 Å². The first-order chi connectivity index (χ1) is 11.7. The molecule has 0 saturated heterocycles. The second-order valence-electron chi connectivity index (χ2n) is 5.99. The van der Waals surface area contributed by atoms with E-state index < -0.39 is 0 Å². The zero-order valence-electron chi connectivity index (χ0n) is 13.9. The first-order valence-corrected chi connectivity index (χ1v) is 9.15. The number of rotatable bonds is 6. The third-order valence-electron chi connectivity index (χ3n) is 4.13. The Kier molecular flexibility index (Phi) is 5.30. The lowest BCUT2D eigenvalue weighted by Crippen LogP contribution is -2.28. The van der Waals surface area contributed by atoms with E-state index in [1.807, 2.05) is 42.5 Å². The Hall–Kier alpha value is -2.14. The zero-order valence-corrected chi connectivity index (χ0v) is 14.7. The lowest BCUT2D eigenvalue weighted by Gasteiger charge is -2.30. The fourth-order valence-corrected chi connectivity index (χ4v) is 3.71. The van der Waals surface area contributed by atoms with Crippen LogP contribution in [0.4, 0.5) is 5.69 Å². The van der Waals surface area contributed by atoms with Gasteiger partial charge in [0.15, 0.2) is 5.17 Å². The Morgan fingerprint density at radius 2 is 2.04 bits per heavy atom. The zero-order chi connectivity index (χ0) is 16.8. The average Bonchev–Trinajstić information content (AvgIpc) is 2.60. The van der Waals surface area contributed by atoms with Gasteiger partial charge in [-0.15, -0.1) is 0 Å². The molecule has 0 fully saturated rings. The maximum absolute atomic E-state index is 5.91. The molecule has 1 atom stereocenters. The van der Waals surface area contributed by atoms with Crippen LogP contribution in [-0.2, 0) is 5.54 Å². The molecule has 2 aromatic carbocycles. The third kappa shape index (κ3) is 4.23. The van der Waals surface area contributed by atoms with Gasteiger partial charge in [0.05, 0.1) is 5.54 Å². The number of benzene rings is 2. The van der Waals surface area contributed by atoms with Crippen LogP contribution in [0, 0.1) is 0 Å². The van der Waals surface area contributed by atoms with Gasteiger partial charge in [0.25, 0.3) is 0 Å². The molecule has 2 aromatic rings. The summed E-state index contributed by atoms with van der Waals surface area (Å²) in [6, 6.07) is 18.3. The summed E-state index contributed by atoms with van der Waals surface area (Å²) in [4.78, 5) is 4.65. The largest absolute Gasteiger partial charge is 0.492 e. The number of amidine groups is 1. The first-order valence-electron chi connectivity index (χ1n) is 8.16. The summed E-state index contributed by atoms with van der Waals surface area (Å²) in [6.07, 6.45) is 0.984. The maximum Gasteiger partial charge on any atom is 0.154 e. The summed E-state index contributed by atoms with van der Waals surface area (Å²) < 4.78 is 5.88. The molecule has 0 aromatic heterocycles. The third-order valence-corrected chi connectivity index (χ3v) is 4.92. The molecular formula is C19H23N3OS. The van der Waals surface area contributed by atoms with Crippen molar-refractivity contribution in [3.63, 3.8) is 0 Å². The Morgan fingerprint density at radius 3 is 2.83 bits per heavy atom. The molecule has 24 heavy (non-hydrogen) atoms. The van der Waals surface area contributed by atoms with E-state index in [4.69, 9.17) is 10.5 Å². The predicted octanol–water partition coefficient (Wildman–Crippen LogP) is 3.84. The number of aliphatic imine (C=N–C) groups is 1. The van der Waals surface area contributed by atoms with Gasteiger partial charge in [0.2, 0.25) is 0 Å². The number of hydrogen-bond acceptors (Lipinski definition) is 5. The van der Waals surface area contributed by atoms with Crippen LogP contribution in [0.5, 0.6) is 5.75 Å². The van der Waals surface area contributed by atoms with Crippen LogP contribution in [0.2, 0.25) is 0 Å². The number of anilines is 1. The van der Waals surface area contributed by atoms with E-state index in [1.54, 1.807) is 11.8 Å². The smallest absolute Gasteiger partial charge is 0.154 e. The molecule has 0 radical (unpaired) electrons. The van der Waals surface area contributed by atoms with Crippen LogP contribution in [0.25, 0.3) is 0 Å². The van der Waals surface area contributed by atoms with Crippen LogP contribution in [-0.4, -0.2) is 24.1 Å². The van der Waals surface area contributed by atoms with Gasteiger partial charge < -0.3 is 15.8 Å². The lowest BCUT2D eigenvalue weighted by molar-refractivity contribution is 0.331. The van der Waals surface area contributed by atoms with E-state index in [0.717, 1.165) is 35.7 Å². The van der Waals surface area contributed by atoms with Crippen molar-refractivity contribution in [2.75, 3.05) is 24.2 Å². The second-order valence-corrected chi connectivity index (χ2v) is 7.11. The monoisotopic (exact) mass is 341 g/mol. The van der Waals surface area contributed by atoms with Crippen molar-refractivity contribution in [3.8, 4) is 5.75 Å². The van der Waals surface area contributed by atoms with Gasteiger partial charge in [0, 0.05) is 18.0 Å². The van der Waals surface area contributed by atoms with Gasteiger partial charge in [0.1, 0.15) is 12.4 Å². The highest BCUT2D eigenvalue weighted by atomic mass is 32.2. The van der Waals surface area contributed by atoms with Crippen molar-refractivity contribution in [1.82, 2.24) is 0 Å². The Bertz CT molecular complexity index is 705. The second kappa shape index (κ2) is 7.62. The van der Waals surface area contributed by atoms with Crippen LogP contribution >= 0.6 is 11.8 Å². The van der Waals surface area contributed by atoms with E-state index in [-0.39, 0.29) is 5.54 Å². The molecule has 1 heterocycles. The molecule has 1 aliphatic heterocycles. The van der Waals surface area contributed by atoms with Gasteiger partial charge in [-0.2, -0.15) is 0 Å². The van der Waals surface area contributed by atoms with E-state index in [0.29, 0.717) is 11.8 Å². The molecule has 0 aliphatic carbocycles. The van der Waals surface area contributed by atoms with E-state index >= 15 is 0 Å². The average molecular weight is 341 g/mol. The Morgan fingerprint density at radius 1 is 1.21 bits per heavy atom. The van der Waals surface area contributed by atoms with E-state index in [9.17, 15) is 0 Å². The predicted molar refractivity (Wildman–Crippen MR) is 103 cm³/mol. The first kappa shape index (κ1) is 16.7. The number of nitrogens with zero attached hydrogens (tertiary/aromatic N) is 1. The van der Waals surface area contributed by atoms with Crippen molar-refractivity contribution in [2.24, 2.45) is 10.7 Å². The molecule has 1 unspecified atom stereocenters. The minimum Gasteiger partial charge on any atom is -0.492 e. The molecule has 0 spiro atoms. The van der Waals surface area contributed by atoms with Gasteiger partial charge in [-0.25, -0.2) is 0 Å². The van der Waals surface area contributed by atoms with Crippen LogP contribution in [0.1, 0.15) is 18.9 Å². The fourth-order valence-electron chi connectivity index (χ4n) is 2.74. The summed E-state index contributed by atoms with van der Waals surface area (Å²) in [5.41, 5.74) is 7.92. The topological polar surface area (TPSA) is 59.6 Å². The number of hydrogen-bond donors (Lipinski definition) is 2. The highest BCUT2D eigenvalue weighted by molar-refractivity contribution is 8.13. The Labute approximate surface area is 147 Å². The van der Waals surface area contributed by atoms with Gasteiger partial charge in [-0.05, 0) is 43.2 Å². The molecule has 3 rings (SSSR count). The summed E-state index contributed by atoms with van der Waals surface area (Å²) in [5.74, 6) is 1.87. The minimum absolute atomic E-state index is 0.253. The molecule has 1 aliphatic rings. The van der Waals surface area contributed by atoms with Crippen molar-refractivity contribution in [2.45, 2.75) is 18.9 Å². The Balaban J connectivity index is 1.58. The molecule has 5 heteroatoms. The molecule has 0 bridgehead atoms. The summed E-state index contributed by atoms with van der Waals surface area (Å²) in [5, 5.41) is 4.01. The lowest BCUT2D eigenvalue weighted by atomic mass is 9.90. The maximum atomic E-state index is 5.91. The molecule has 3 N–H and O–H groups in total. The summed E-state index contributed by atoms with van der Waals surface area (Å²) >= 11 is 1.62. The number of nitrogens with two attached hydrogens (primary N) is 1.